The van der Waals surface area contributed by atoms with Crippen LogP contribution in [0.2, 0.25) is 0 Å². The Kier molecular flexibility index (Phi) is 18.3. The summed E-state index contributed by atoms with van der Waals surface area (Å²) in [7, 11) is 1.39. The number of rotatable bonds is 5. The average Bonchev–Trinajstić information content (AvgIpc) is 4.09. The van der Waals surface area contributed by atoms with Gasteiger partial charge in [0.05, 0.1) is 62.9 Å². The fraction of sp³-hybridized carbons (Fsp3) is 0.756. The highest BCUT2D eigenvalue weighted by Gasteiger charge is 2.53. The van der Waals surface area contributed by atoms with Crippen LogP contribution in [0.3, 0.4) is 0 Å². The lowest BCUT2D eigenvalue weighted by Gasteiger charge is -2.27. The Morgan fingerprint density at radius 1 is 0.576 bits per heavy atom. The molecule has 8 bridgehead atoms. The van der Waals surface area contributed by atoms with Gasteiger partial charge in [-0.15, -0.1) is 0 Å². The van der Waals surface area contributed by atoms with E-state index in [2.05, 4.69) is 61.5 Å². The number of halogens is 2. The summed E-state index contributed by atoms with van der Waals surface area (Å²) in [5.41, 5.74) is -0.390. The molecule has 0 aliphatic carbocycles. The van der Waals surface area contributed by atoms with Gasteiger partial charge in [-0.05, 0) is 106 Å². The third-order valence-corrected chi connectivity index (χ3v) is 12.0. The highest BCUT2D eigenvalue weighted by atomic mass is 128. The molecule has 0 aromatic heterocycles. The summed E-state index contributed by atoms with van der Waals surface area (Å²) < 4.78 is 25.0. The molecule has 1 N–H and O–H groups in total. The maximum atomic E-state index is 11.8. The SMILES string of the molecule is CC(C)(C)OC(=O)N1C2C=CC1CC2.CCOC(=O)N1C2C=CC1CC2.CCOC(=O)N1C2CCC1C(C(=O)O)C2.CCOC(=O)N1C2CCC1C(C(=O)OC)C2.II. The van der Waals surface area contributed by atoms with Crippen molar-refractivity contribution in [3.8, 4) is 0 Å². The van der Waals surface area contributed by atoms with Crippen LogP contribution in [0.5, 0.6) is 0 Å². The molecule has 6 saturated heterocycles. The zero-order valence-corrected chi connectivity index (χ0v) is 39.6. The molecule has 8 aliphatic rings. The first-order valence-corrected chi connectivity index (χ1v) is 27.1. The van der Waals surface area contributed by atoms with Crippen LogP contribution in [0.15, 0.2) is 24.3 Å². The van der Waals surface area contributed by atoms with Gasteiger partial charge in [-0.25, -0.2) is 19.2 Å². The van der Waals surface area contributed by atoms with Crippen LogP contribution >= 0.6 is 37.2 Å². The number of hydrogen-bond donors (Lipinski definition) is 1. The molecule has 18 heteroatoms. The number of carbonyl (C=O) groups is 6. The first kappa shape index (κ1) is 48.6. The molecule has 16 nitrogen and oxygen atoms in total. The lowest BCUT2D eigenvalue weighted by atomic mass is 9.89. The molecule has 8 heterocycles. The van der Waals surface area contributed by atoms with Crippen LogP contribution in [0.25, 0.3) is 0 Å². The second-order valence-electron chi connectivity index (χ2n) is 16.5. The summed E-state index contributed by atoms with van der Waals surface area (Å²) in [6, 6.07) is 1.28. The minimum atomic E-state index is -0.795. The summed E-state index contributed by atoms with van der Waals surface area (Å²) in [5, 5.41) is 8.99. The minimum Gasteiger partial charge on any atom is -0.481 e. The highest BCUT2D eigenvalue weighted by Crippen LogP contribution is 2.43. The monoisotopic (exact) mass is 1060 g/mol. The molecule has 0 saturated carbocycles. The van der Waals surface area contributed by atoms with Crippen molar-refractivity contribution in [3.05, 3.63) is 24.3 Å². The Labute approximate surface area is 371 Å². The number of ether oxygens (including phenoxy) is 5. The van der Waals surface area contributed by atoms with Crippen molar-refractivity contribution >= 4 is 73.5 Å². The molecular formula is C41H62I2N4O12. The number of aliphatic carboxylic acids is 1. The van der Waals surface area contributed by atoms with E-state index in [-0.39, 0.29) is 78.1 Å². The number of hydrogen-bond acceptors (Lipinski definition) is 11. The number of amides is 4. The number of carboxylic acid groups (broad SMARTS) is 1. The first-order valence-electron chi connectivity index (χ1n) is 20.8. The maximum absolute atomic E-state index is 11.8. The topological polar surface area (TPSA) is 182 Å². The van der Waals surface area contributed by atoms with Gasteiger partial charge in [-0.2, -0.15) is 0 Å². The normalized spacial score (nSPS) is 30.5. The Morgan fingerprint density at radius 2 is 0.932 bits per heavy atom. The average molecular weight is 1060 g/mol. The summed E-state index contributed by atoms with van der Waals surface area (Å²) >= 11 is 4.24. The molecule has 0 radical (unpaired) electrons. The molecule has 10 unspecified atom stereocenters. The standard InChI is InChI=1S/C11H17NO4.C11H17NO2.C10H15NO4.C9H13NO2.I2/c1-3-16-11(14)12-7-4-5-9(12)8(6-7)10(13)15-2;1-11(2,3)14-10(13)12-8-4-5-9(12)7-6-8;1-2-15-10(14)11-6-3-4-8(11)7(5-6)9(12)13;1-2-12-9(11)10-7-3-4-8(10)6-5-7;1-2/h7-9H,3-6H2,1-2H3;4-5,8-9H,6-7H2,1-3H3;6-8H,2-5H2,1H3,(H,12,13);3-4,7-8H,2,5-6H2,1H3;. The Balaban J connectivity index is 0.000000172. The van der Waals surface area contributed by atoms with Crippen molar-refractivity contribution in [1.82, 2.24) is 19.6 Å². The van der Waals surface area contributed by atoms with E-state index in [4.69, 9.17) is 28.8 Å². The van der Waals surface area contributed by atoms with E-state index < -0.39 is 11.9 Å². The maximum Gasteiger partial charge on any atom is 0.411 e. The van der Waals surface area contributed by atoms with E-state index >= 15 is 0 Å². The van der Waals surface area contributed by atoms with Crippen LogP contribution in [0, 0.1) is 11.8 Å². The largest absolute Gasteiger partial charge is 0.481 e. The molecule has 0 aromatic rings. The Morgan fingerprint density at radius 3 is 1.25 bits per heavy atom. The van der Waals surface area contributed by atoms with Gasteiger partial charge in [-0.1, -0.05) is 24.3 Å². The van der Waals surface area contributed by atoms with Crippen LogP contribution in [-0.2, 0) is 33.3 Å². The third kappa shape index (κ3) is 11.7. The number of esters is 1. The zero-order valence-electron chi connectivity index (χ0n) is 35.3. The summed E-state index contributed by atoms with van der Waals surface area (Å²) in [6.07, 6.45) is 16.7. The number of fused-ring (bicyclic) bond motifs is 8. The second-order valence-corrected chi connectivity index (χ2v) is 16.5. The predicted molar refractivity (Wildman–Crippen MR) is 234 cm³/mol. The lowest BCUT2D eigenvalue weighted by Crippen LogP contribution is -2.40. The van der Waals surface area contributed by atoms with Crippen LogP contribution < -0.4 is 0 Å². The molecule has 8 rings (SSSR count). The number of carboxylic acids is 1. The van der Waals surface area contributed by atoms with Gasteiger partial charge in [0.25, 0.3) is 0 Å². The molecule has 4 amide bonds. The van der Waals surface area contributed by atoms with Crippen molar-refractivity contribution in [2.45, 2.75) is 160 Å². The smallest absolute Gasteiger partial charge is 0.411 e. The Hall–Kier alpha value is -3.04. The van der Waals surface area contributed by atoms with Gasteiger partial charge in [0, 0.05) is 61.4 Å². The first-order chi connectivity index (χ1) is 28.1. The van der Waals surface area contributed by atoms with E-state index in [9.17, 15) is 28.8 Å². The predicted octanol–water partition coefficient (Wildman–Crippen LogP) is 7.89. The summed E-state index contributed by atoms with van der Waals surface area (Å²) in [4.78, 5) is 76.0. The van der Waals surface area contributed by atoms with E-state index in [1.165, 1.54) is 7.11 Å². The lowest BCUT2D eigenvalue weighted by molar-refractivity contribution is -0.146. The molecular weight excluding hydrogens is 994 g/mol. The molecule has 332 valence electrons. The van der Waals surface area contributed by atoms with Crippen molar-refractivity contribution in [2.24, 2.45) is 11.8 Å². The van der Waals surface area contributed by atoms with Gasteiger partial charge in [0.2, 0.25) is 0 Å². The van der Waals surface area contributed by atoms with Crippen LogP contribution in [0.1, 0.15) is 106 Å². The quantitative estimate of drug-likeness (QED) is 0.122. The van der Waals surface area contributed by atoms with Crippen molar-refractivity contribution in [1.29, 1.82) is 0 Å². The Bertz CT molecular complexity index is 1530. The second kappa shape index (κ2) is 22.2. The van der Waals surface area contributed by atoms with E-state index in [0.29, 0.717) is 38.3 Å². The molecule has 59 heavy (non-hydrogen) atoms. The fourth-order valence-electron chi connectivity index (χ4n) is 9.67. The molecule has 0 aromatic carbocycles. The molecule has 6 fully saturated rings. The van der Waals surface area contributed by atoms with Gasteiger partial charge in [0.15, 0.2) is 0 Å². The summed E-state index contributed by atoms with van der Waals surface area (Å²) in [6.45, 7) is 12.3. The number of carbonyl (C=O) groups excluding carboxylic acids is 5. The van der Waals surface area contributed by atoms with Crippen molar-refractivity contribution < 1.29 is 57.6 Å². The van der Waals surface area contributed by atoms with Crippen LogP contribution in [0.4, 0.5) is 19.2 Å². The third-order valence-electron chi connectivity index (χ3n) is 12.0. The highest BCUT2D eigenvalue weighted by molar-refractivity contribution is 15.0. The van der Waals surface area contributed by atoms with E-state index in [0.717, 1.165) is 57.8 Å². The van der Waals surface area contributed by atoms with Gasteiger partial charge >= 0.3 is 36.3 Å². The van der Waals surface area contributed by atoms with Crippen molar-refractivity contribution in [2.75, 3.05) is 26.9 Å². The van der Waals surface area contributed by atoms with E-state index in [1.54, 1.807) is 23.6 Å². The van der Waals surface area contributed by atoms with Gasteiger partial charge in [0.1, 0.15) is 5.60 Å². The van der Waals surface area contributed by atoms with Gasteiger partial charge in [-0.3, -0.25) is 19.4 Å². The van der Waals surface area contributed by atoms with Crippen LogP contribution in [-0.4, -0.2) is 142 Å². The number of methoxy groups -OCH3 is 1. The minimum absolute atomic E-state index is 0.0171. The zero-order chi connectivity index (χ0) is 43.6. The fourth-order valence-corrected chi connectivity index (χ4v) is 9.67. The summed E-state index contributed by atoms with van der Waals surface area (Å²) in [5.74, 6) is -1.56. The molecule has 10 atom stereocenters. The number of nitrogens with zero attached hydrogens (tertiary/aromatic N) is 4. The molecule has 0 spiro atoms. The van der Waals surface area contributed by atoms with E-state index in [1.807, 2.05) is 37.5 Å². The van der Waals surface area contributed by atoms with Gasteiger partial charge < -0.3 is 38.6 Å². The molecule has 8 aliphatic heterocycles. The van der Waals surface area contributed by atoms with Crippen molar-refractivity contribution in [3.63, 3.8) is 0 Å².